The van der Waals surface area contributed by atoms with E-state index in [0.717, 1.165) is 11.1 Å². The molecule has 3 aromatic carbocycles. The predicted molar refractivity (Wildman–Crippen MR) is 130 cm³/mol. The Labute approximate surface area is 195 Å². The van der Waals surface area contributed by atoms with Gasteiger partial charge in [-0.3, -0.25) is 4.79 Å². The number of amides is 1. The van der Waals surface area contributed by atoms with Crippen LogP contribution in [0.1, 0.15) is 11.1 Å². The Bertz CT molecular complexity index is 1390. The van der Waals surface area contributed by atoms with E-state index in [1.54, 1.807) is 36.4 Å². The van der Waals surface area contributed by atoms with Crippen molar-refractivity contribution in [3.63, 3.8) is 0 Å². The molecule has 1 amide bonds. The minimum atomic E-state index is -0.579. The highest BCUT2D eigenvalue weighted by Gasteiger charge is 2.22. The number of carbonyl (C=O) groups is 1. The van der Waals surface area contributed by atoms with Gasteiger partial charge >= 0.3 is 5.63 Å². The van der Waals surface area contributed by atoms with Crippen LogP contribution in [0.4, 0.5) is 5.69 Å². The number of para-hydroxylation sites is 1. The topological polar surface area (TPSA) is 77.8 Å². The van der Waals surface area contributed by atoms with Gasteiger partial charge in [-0.25, -0.2) is 4.79 Å². The summed E-state index contributed by atoms with van der Waals surface area (Å²) < 4.78 is 16.3. The Morgan fingerprint density at radius 1 is 1.00 bits per heavy atom. The van der Waals surface area contributed by atoms with E-state index in [-0.39, 0.29) is 12.0 Å². The lowest BCUT2D eigenvalue weighted by Gasteiger charge is -2.16. The summed E-state index contributed by atoms with van der Waals surface area (Å²) in [6.45, 7) is 1.95. The summed E-state index contributed by atoms with van der Waals surface area (Å²) in [6, 6.07) is 17.9. The highest BCUT2D eigenvalue weighted by molar-refractivity contribution is 6.31. The van der Waals surface area contributed by atoms with Crippen LogP contribution >= 0.6 is 11.6 Å². The van der Waals surface area contributed by atoms with E-state index >= 15 is 0 Å². The number of halogens is 1. The smallest absolute Gasteiger partial charge is 0.340 e. The third kappa shape index (κ3) is 4.43. The van der Waals surface area contributed by atoms with E-state index in [1.165, 1.54) is 14.2 Å². The second-order valence-corrected chi connectivity index (χ2v) is 7.90. The number of hydrogen-bond donors (Lipinski definition) is 1. The Balaban J connectivity index is 1.84. The van der Waals surface area contributed by atoms with Crippen molar-refractivity contribution in [1.82, 2.24) is 0 Å². The molecular weight excluding hydrogens is 442 g/mol. The summed E-state index contributed by atoms with van der Waals surface area (Å²) in [4.78, 5) is 26.1. The lowest BCUT2D eigenvalue weighted by atomic mass is 9.92. The summed E-state index contributed by atoms with van der Waals surface area (Å²) >= 11 is 6.26. The third-order valence-corrected chi connectivity index (χ3v) is 5.64. The normalized spacial score (nSPS) is 10.8. The molecule has 168 valence electrons. The maximum atomic E-state index is 13.1. The zero-order valence-electron chi connectivity index (χ0n) is 18.4. The van der Waals surface area contributed by atoms with Gasteiger partial charge in [0.1, 0.15) is 22.8 Å². The molecule has 1 aromatic heterocycles. The van der Waals surface area contributed by atoms with E-state index in [2.05, 4.69) is 5.32 Å². The quantitative estimate of drug-likeness (QED) is 0.375. The van der Waals surface area contributed by atoms with Crippen LogP contribution in [0.15, 0.2) is 69.9 Å². The zero-order valence-corrected chi connectivity index (χ0v) is 19.2. The second kappa shape index (κ2) is 9.38. The highest BCUT2D eigenvalue weighted by atomic mass is 35.5. The number of ether oxygens (including phenoxy) is 2. The molecule has 1 heterocycles. The van der Waals surface area contributed by atoms with Gasteiger partial charge in [-0.05, 0) is 48.4 Å². The highest BCUT2D eigenvalue weighted by Crippen LogP contribution is 2.36. The van der Waals surface area contributed by atoms with Crippen LogP contribution in [-0.2, 0) is 11.2 Å². The maximum absolute atomic E-state index is 13.1. The molecule has 0 aliphatic carbocycles. The minimum absolute atomic E-state index is 0.213. The molecule has 0 bridgehead atoms. The van der Waals surface area contributed by atoms with Crippen LogP contribution in [0.2, 0.25) is 5.02 Å². The van der Waals surface area contributed by atoms with Crippen LogP contribution < -0.4 is 20.4 Å². The molecule has 0 atom stereocenters. The predicted octanol–water partition coefficient (Wildman–Crippen LogP) is 5.62. The SMILES string of the molecule is COc1cccc(OC)c1NC(=O)Cc1c(-c2ccccc2C)c2cc(Cl)ccc2oc1=O. The van der Waals surface area contributed by atoms with Gasteiger partial charge in [-0.15, -0.1) is 0 Å². The van der Waals surface area contributed by atoms with Gasteiger partial charge in [-0.1, -0.05) is 41.9 Å². The monoisotopic (exact) mass is 463 g/mol. The van der Waals surface area contributed by atoms with Crippen LogP contribution in [0.25, 0.3) is 22.1 Å². The second-order valence-electron chi connectivity index (χ2n) is 7.46. The first-order valence-electron chi connectivity index (χ1n) is 10.2. The van der Waals surface area contributed by atoms with Gasteiger partial charge < -0.3 is 19.2 Å². The van der Waals surface area contributed by atoms with E-state index < -0.39 is 11.5 Å². The first kappa shape index (κ1) is 22.4. The minimum Gasteiger partial charge on any atom is -0.494 e. The van der Waals surface area contributed by atoms with Gasteiger partial charge in [-0.2, -0.15) is 0 Å². The molecule has 0 unspecified atom stereocenters. The van der Waals surface area contributed by atoms with E-state index in [0.29, 0.717) is 38.7 Å². The van der Waals surface area contributed by atoms with Gasteiger partial charge in [0.15, 0.2) is 0 Å². The van der Waals surface area contributed by atoms with Gasteiger partial charge in [0.25, 0.3) is 0 Å². The molecule has 0 aliphatic rings. The number of benzene rings is 3. The van der Waals surface area contributed by atoms with Crippen molar-refractivity contribution in [3.05, 3.63) is 87.2 Å². The molecule has 0 spiro atoms. The average molecular weight is 464 g/mol. The number of fused-ring (bicyclic) bond motifs is 1. The molecular formula is C26H22ClNO5. The molecule has 7 heteroatoms. The van der Waals surface area contributed by atoms with Gasteiger partial charge in [0, 0.05) is 16.0 Å². The number of rotatable bonds is 6. The molecule has 33 heavy (non-hydrogen) atoms. The van der Waals surface area contributed by atoms with Crippen LogP contribution in [0.3, 0.4) is 0 Å². The Morgan fingerprint density at radius 2 is 1.70 bits per heavy atom. The lowest BCUT2D eigenvalue weighted by molar-refractivity contribution is -0.115. The van der Waals surface area contributed by atoms with Crippen LogP contribution in [0.5, 0.6) is 11.5 Å². The Hall–Kier alpha value is -3.77. The molecule has 0 fully saturated rings. The fourth-order valence-electron chi connectivity index (χ4n) is 3.85. The first-order chi connectivity index (χ1) is 15.9. The molecule has 4 rings (SSSR count). The van der Waals surface area contributed by atoms with Crippen molar-refractivity contribution in [2.45, 2.75) is 13.3 Å². The summed E-state index contributed by atoms with van der Waals surface area (Å²) in [5.41, 5.74) is 2.86. The van der Waals surface area contributed by atoms with Gasteiger partial charge in [0.2, 0.25) is 5.91 Å². The van der Waals surface area contributed by atoms with Crippen molar-refractivity contribution in [3.8, 4) is 22.6 Å². The standard InChI is InChI=1S/C26H22ClNO5/c1-15-7-4-5-8-17(15)24-18-13-16(27)11-12-20(18)33-26(30)19(24)14-23(29)28-25-21(31-2)9-6-10-22(25)32-3/h4-13H,14H2,1-3H3,(H,28,29). The van der Waals surface area contributed by atoms with Crippen molar-refractivity contribution in [1.29, 1.82) is 0 Å². The van der Waals surface area contributed by atoms with Crippen molar-refractivity contribution in [2.24, 2.45) is 0 Å². The van der Waals surface area contributed by atoms with E-state index in [9.17, 15) is 9.59 Å². The van der Waals surface area contributed by atoms with Crippen molar-refractivity contribution in [2.75, 3.05) is 19.5 Å². The zero-order chi connectivity index (χ0) is 23.5. The number of anilines is 1. The fraction of sp³-hybridized carbons (Fsp3) is 0.154. The van der Waals surface area contributed by atoms with Crippen LogP contribution in [0, 0.1) is 6.92 Å². The Morgan fingerprint density at radius 3 is 2.36 bits per heavy atom. The van der Waals surface area contributed by atoms with Gasteiger partial charge in [0.05, 0.1) is 26.2 Å². The van der Waals surface area contributed by atoms with Crippen molar-refractivity contribution < 1.29 is 18.7 Å². The molecule has 0 saturated heterocycles. The number of carbonyl (C=O) groups excluding carboxylic acids is 1. The largest absolute Gasteiger partial charge is 0.494 e. The Kier molecular flexibility index (Phi) is 6.38. The molecule has 4 aromatic rings. The number of nitrogens with one attached hydrogen (secondary N) is 1. The molecule has 0 aliphatic heterocycles. The summed E-state index contributed by atoms with van der Waals surface area (Å²) in [5, 5.41) is 3.98. The van der Waals surface area contributed by atoms with Crippen molar-refractivity contribution >= 4 is 34.2 Å². The van der Waals surface area contributed by atoms with Crippen LogP contribution in [-0.4, -0.2) is 20.1 Å². The average Bonchev–Trinajstić information content (AvgIpc) is 2.80. The number of hydrogen-bond acceptors (Lipinski definition) is 5. The maximum Gasteiger partial charge on any atom is 0.340 e. The number of methoxy groups -OCH3 is 2. The number of aryl methyl sites for hydroxylation is 1. The van der Waals surface area contributed by atoms with E-state index in [4.69, 9.17) is 25.5 Å². The summed E-state index contributed by atoms with van der Waals surface area (Å²) in [7, 11) is 3.00. The van der Waals surface area contributed by atoms with E-state index in [1.807, 2.05) is 31.2 Å². The first-order valence-corrected chi connectivity index (χ1v) is 10.6. The fourth-order valence-corrected chi connectivity index (χ4v) is 4.02. The molecule has 0 radical (unpaired) electrons. The lowest BCUT2D eigenvalue weighted by Crippen LogP contribution is -2.21. The summed E-state index contributed by atoms with van der Waals surface area (Å²) in [6.07, 6.45) is -0.213. The summed E-state index contributed by atoms with van der Waals surface area (Å²) in [5.74, 6) is 0.472. The molecule has 0 saturated carbocycles. The third-order valence-electron chi connectivity index (χ3n) is 5.41. The molecule has 6 nitrogen and oxygen atoms in total. The molecule has 1 N–H and O–H groups in total.